The van der Waals surface area contributed by atoms with Crippen molar-refractivity contribution in [3.63, 3.8) is 0 Å². The molecule has 25 heavy (non-hydrogen) atoms. The second kappa shape index (κ2) is 8.41. The van der Waals surface area contributed by atoms with Gasteiger partial charge >= 0.3 is 0 Å². The first-order chi connectivity index (χ1) is 12.1. The second-order valence-corrected chi connectivity index (χ2v) is 5.01. The molecule has 0 bridgehead atoms. The number of nitrogens with one attached hydrogen (secondary N) is 1. The molecular formula is C19H18N2O4. The van der Waals surface area contributed by atoms with Crippen LogP contribution in [0.1, 0.15) is 12.5 Å². The van der Waals surface area contributed by atoms with Crippen molar-refractivity contribution < 1.29 is 19.4 Å². The van der Waals surface area contributed by atoms with Gasteiger partial charge in [-0.1, -0.05) is 6.07 Å². The van der Waals surface area contributed by atoms with Crippen molar-refractivity contribution in [2.24, 2.45) is 0 Å². The van der Waals surface area contributed by atoms with E-state index in [1.54, 1.807) is 36.4 Å². The fourth-order valence-corrected chi connectivity index (χ4v) is 2.11. The van der Waals surface area contributed by atoms with Crippen molar-refractivity contribution in [2.45, 2.75) is 6.92 Å². The molecule has 0 atom stereocenters. The molecule has 0 heterocycles. The van der Waals surface area contributed by atoms with Gasteiger partial charge in [0.1, 0.15) is 17.4 Å². The second-order valence-electron chi connectivity index (χ2n) is 5.01. The van der Waals surface area contributed by atoms with E-state index >= 15 is 0 Å². The molecule has 0 aliphatic rings. The Labute approximate surface area is 145 Å². The third kappa shape index (κ3) is 4.75. The Hall–Kier alpha value is -3.46. The first-order valence-electron chi connectivity index (χ1n) is 7.60. The molecule has 2 aromatic rings. The van der Waals surface area contributed by atoms with Gasteiger partial charge in [-0.2, -0.15) is 5.26 Å². The van der Waals surface area contributed by atoms with E-state index in [1.807, 2.05) is 13.0 Å². The van der Waals surface area contributed by atoms with Gasteiger partial charge in [-0.05, 0) is 55.0 Å². The van der Waals surface area contributed by atoms with Gasteiger partial charge < -0.3 is 19.9 Å². The fourth-order valence-electron chi connectivity index (χ4n) is 2.11. The van der Waals surface area contributed by atoms with Crippen LogP contribution in [0.25, 0.3) is 6.08 Å². The average Bonchev–Trinajstić information content (AvgIpc) is 2.61. The molecule has 0 spiro atoms. The zero-order valence-corrected chi connectivity index (χ0v) is 13.9. The lowest BCUT2D eigenvalue weighted by atomic mass is 10.1. The molecule has 0 radical (unpaired) electrons. The van der Waals surface area contributed by atoms with Gasteiger partial charge in [-0.3, -0.25) is 4.79 Å². The van der Waals surface area contributed by atoms with Gasteiger partial charge in [0.2, 0.25) is 0 Å². The highest BCUT2D eigenvalue weighted by Gasteiger charge is 2.10. The molecule has 6 nitrogen and oxygen atoms in total. The van der Waals surface area contributed by atoms with Gasteiger partial charge in [-0.15, -0.1) is 0 Å². The lowest BCUT2D eigenvalue weighted by Gasteiger charge is -2.07. The van der Waals surface area contributed by atoms with E-state index in [2.05, 4.69) is 5.32 Å². The molecule has 0 saturated carbocycles. The molecule has 2 aromatic carbocycles. The number of amides is 1. The Morgan fingerprint density at radius 1 is 1.28 bits per heavy atom. The minimum absolute atomic E-state index is 0.0690. The van der Waals surface area contributed by atoms with Crippen LogP contribution < -0.4 is 14.8 Å². The summed E-state index contributed by atoms with van der Waals surface area (Å²) in [5.74, 6) is 0.405. The summed E-state index contributed by atoms with van der Waals surface area (Å²) in [4.78, 5) is 12.2. The van der Waals surface area contributed by atoms with Crippen LogP contribution in [0, 0.1) is 11.3 Å². The largest absolute Gasteiger partial charge is 0.504 e. The summed E-state index contributed by atoms with van der Waals surface area (Å²) in [5, 5.41) is 21.7. The van der Waals surface area contributed by atoms with Crippen molar-refractivity contribution in [3.05, 3.63) is 53.6 Å². The quantitative estimate of drug-likeness (QED) is 0.622. The molecule has 128 valence electrons. The maximum atomic E-state index is 12.2. The topological polar surface area (TPSA) is 91.6 Å². The normalized spacial score (nSPS) is 10.7. The number of methoxy groups -OCH3 is 1. The first kappa shape index (κ1) is 17.9. The van der Waals surface area contributed by atoms with Gasteiger partial charge in [0.25, 0.3) is 5.91 Å². The van der Waals surface area contributed by atoms with Crippen LogP contribution in [-0.2, 0) is 4.79 Å². The minimum atomic E-state index is -0.540. The molecule has 2 N–H and O–H groups in total. The summed E-state index contributed by atoms with van der Waals surface area (Å²) in [6.45, 7) is 2.44. The van der Waals surface area contributed by atoms with Crippen molar-refractivity contribution in [3.8, 4) is 23.3 Å². The average molecular weight is 338 g/mol. The van der Waals surface area contributed by atoms with Crippen LogP contribution in [0.5, 0.6) is 17.2 Å². The number of hydrogen-bond acceptors (Lipinski definition) is 5. The van der Waals surface area contributed by atoms with E-state index in [0.717, 1.165) is 0 Å². The Kier molecular flexibility index (Phi) is 6.02. The Balaban J connectivity index is 2.15. The Bertz CT molecular complexity index is 820. The van der Waals surface area contributed by atoms with Crippen LogP contribution in [0.2, 0.25) is 0 Å². The lowest BCUT2D eigenvalue weighted by molar-refractivity contribution is -0.112. The van der Waals surface area contributed by atoms with Crippen molar-refractivity contribution >= 4 is 17.7 Å². The standard InChI is InChI=1S/C19H18N2O4/c1-3-25-16-7-5-15(6-8-16)21-19(23)14(12-20)10-13-4-9-18(24-2)17(22)11-13/h4-11,22H,3H2,1-2H3,(H,21,23)/b14-10-. The zero-order valence-electron chi connectivity index (χ0n) is 13.9. The van der Waals surface area contributed by atoms with Crippen LogP contribution in [0.4, 0.5) is 5.69 Å². The molecule has 0 aliphatic carbocycles. The van der Waals surface area contributed by atoms with E-state index < -0.39 is 5.91 Å². The number of carbonyl (C=O) groups excluding carboxylic acids is 1. The molecule has 0 aromatic heterocycles. The van der Waals surface area contributed by atoms with Crippen molar-refractivity contribution in [2.75, 3.05) is 19.0 Å². The number of hydrogen-bond donors (Lipinski definition) is 2. The number of ether oxygens (including phenoxy) is 2. The smallest absolute Gasteiger partial charge is 0.266 e. The third-order valence-electron chi connectivity index (χ3n) is 3.30. The number of phenols is 1. The summed E-state index contributed by atoms with van der Waals surface area (Å²) in [7, 11) is 1.44. The predicted molar refractivity (Wildman–Crippen MR) is 94.5 cm³/mol. The summed E-state index contributed by atoms with van der Waals surface area (Å²) in [6, 6.07) is 13.3. The number of anilines is 1. The molecule has 0 saturated heterocycles. The lowest BCUT2D eigenvalue weighted by Crippen LogP contribution is -2.13. The van der Waals surface area contributed by atoms with Crippen LogP contribution in [-0.4, -0.2) is 24.7 Å². The maximum Gasteiger partial charge on any atom is 0.266 e. The number of aromatic hydroxyl groups is 1. The number of nitrogens with zero attached hydrogens (tertiary/aromatic N) is 1. The van der Waals surface area contributed by atoms with Gasteiger partial charge in [0.05, 0.1) is 13.7 Å². The molecule has 6 heteroatoms. The summed E-state index contributed by atoms with van der Waals surface area (Å²) in [5.41, 5.74) is 0.974. The number of nitriles is 1. The van der Waals surface area contributed by atoms with E-state index in [4.69, 9.17) is 9.47 Å². The molecule has 0 aliphatic heterocycles. The SMILES string of the molecule is CCOc1ccc(NC(=O)/C(C#N)=C\c2ccc(OC)c(O)c2)cc1. The number of benzene rings is 2. The predicted octanol–water partition coefficient (Wildman–Crippen LogP) is 3.35. The first-order valence-corrected chi connectivity index (χ1v) is 7.60. The highest BCUT2D eigenvalue weighted by atomic mass is 16.5. The minimum Gasteiger partial charge on any atom is -0.504 e. The van der Waals surface area contributed by atoms with Crippen LogP contribution in [0.15, 0.2) is 48.0 Å². The summed E-state index contributed by atoms with van der Waals surface area (Å²) in [6.07, 6.45) is 1.39. The number of rotatable bonds is 6. The van der Waals surface area contributed by atoms with Crippen LogP contribution >= 0.6 is 0 Å². The number of carbonyl (C=O) groups is 1. The monoisotopic (exact) mass is 338 g/mol. The van der Waals surface area contributed by atoms with Gasteiger partial charge in [0.15, 0.2) is 11.5 Å². The third-order valence-corrected chi connectivity index (χ3v) is 3.30. The summed E-state index contributed by atoms with van der Waals surface area (Å²) >= 11 is 0. The highest BCUT2D eigenvalue weighted by Crippen LogP contribution is 2.27. The highest BCUT2D eigenvalue weighted by molar-refractivity contribution is 6.09. The molecule has 2 rings (SSSR count). The molecular weight excluding hydrogens is 320 g/mol. The van der Waals surface area contributed by atoms with Crippen molar-refractivity contribution in [1.82, 2.24) is 0 Å². The van der Waals surface area contributed by atoms with E-state index in [0.29, 0.717) is 29.4 Å². The Morgan fingerprint density at radius 2 is 2.00 bits per heavy atom. The van der Waals surface area contributed by atoms with E-state index in [9.17, 15) is 15.2 Å². The summed E-state index contributed by atoms with van der Waals surface area (Å²) < 4.78 is 10.3. The molecule has 1 amide bonds. The Morgan fingerprint density at radius 3 is 2.56 bits per heavy atom. The van der Waals surface area contributed by atoms with Crippen molar-refractivity contribution in [1.29, 1.82) is 5.26 Å². The van der Waals surface area contributed by atoms with Crippen LogP contribution in [0.3, 0.4) is 0 Å². The van der Waals surface area contributed by atoms with Gasteiger partial charge in [0, 0.05) is 5.69 Å². The molecule has 0 fully saturated rings. The fraction of sp³-hybridized carbons (Fsp3) is 0.158. The molecule has 0 unspecified atom stereocenters. The van der Waals surface area contributed by atoms with E-state index in [-0.39, 0.29) is 11.3 Å². The van der Waals surface area contributed by atoms with E-state index in [1.165, 1.54) is 19.3 Å². The zero-order chi connectivity index (χ0) is 18.2. The maximum absolute atomic E-state index is 12.2. The number of phenolic OH excluding ortho intramolecular Hbond substituents is 1. The van der Waals surface area contributed by atoms with Gasteiger partial charge in [-0.25, -0.2) is 0 Å².